The van der Waals surface area contributed by atoms with E-state index in [0.29, 0.717) is 18.0 Å². The van der Waals surface area contributed by atoms with Crippen LogP contribution in [-0.4, -0.2) is 59.0 Å². The summed E-state index contributed by atoms with van der Waals surface area (Å²) in [6, 6.07) is 4.50. The Labute approximate surface area is 160 Å². The Balaban J connectivity index is 2.81. The van der Waals surface area contributed by atoms with Gasteiger partial charge in [-0.1, -0.05) is 19.9 Å². The minimum atomic E-state index is -3.71. The Kier molecular flexibility index (Phi) is 8.45. The number of rotatable bonds is 9. The van der Waals surface area contributed by atoms with Crippen molar-refractivity contribution < 1.29 is 27.5 Å². The maximum atomic E-state index is 12.4. The lowest BCUT2D eigenvalue weighted by Crippen LogP contribution is -2.31. The molecule has 1 aromatic rings. The van der Waals surface area contributed by atoms with Gasteiger partial charge in [0.25, 0.3) is 5.91 Å². The largest absolute Gasteiger partial charge is 0.495 e. The molecule has 0 heterocycles. The normalized spacial score (nSPS) is 11.8. The van der Waals surface area contributed by atoms with Crippen LogP contribution in [0, 0.1) is 5.92 Å². The first-order valence-corrected chi connectivity index (χ1v) is 9.74. The summed E-state index contributed by atoms with van der Waals surface area (Å²) in [5, 5.41) is 2.63. The molecule has 1 rings (SSSR count). The van der Waals surface area contributed by atoms with E-state index in [1.165, 1.54) is 39.4 Å². The van der Waals surface area contributed by atoms with E-state index in [2.05, 4.69) is 5.32 Å². The minimum absolute atomic E-state index is 0.0152. The van der Waals surface area contributed by atoms with Crippen molar-refractivity contribution in [2.45, 2.75) is 18.7 Å². The van der Waals surface area contributed by atoms with E-state index in [4.69, 9.17) is 9.47 Å². The molecule has 0 saturated heterocycles. The van der Waals surface area contributed by atoms with Crippen LogP contribution in [-0.2, 0) is 24.3 Å². The first-order chi connectivity index (χ1) is 12.6. The van der Waals surface area contributed by atoms with Gasteiger partial charge in [-0.25, -0.2) is 17.5 Å². The van der Waals surface area contributed by atoms with E-state index in [-0.39, 0.29) is 23.2 Å². The van der Waals surface area contributed by atoms with Gasteiger partial charge in [-0.3, -0.25) is 4.79 Å². The number of hydrogen-bond donors (Lipinski definition) is 1. The van der Waals surface area contributed by atoms with Crippen molar-refractivity contribution >= 4 is 28.0 Å². The van der Waals surface area contributed by atoms with Crippen LogP contribution in [0.25, 0.3) is 6.08 Å². The number of nitrogens with one attached hydrogen (secondary N) is 1. The highest BCUT2D eigenvalue weighted by Crippen LogP contribution is 2.27. The molecule has 0 atom stereocenters. The topological polar surface area (TPSA) is 102 Å². The number of carbonyl (C=O) groups is 2. The van der Waals surface area contributed by atoms with E-state index in [0.717, 1.165) is 10.4 Å². The van der Waals surface area contributed by atoms with Crippen molar-refractivity contribution in [3.63, 3.8) is 0 Å². The summed E-state index contributed by atoms with van der Waals surface area (Å²) in [7, 11) is 0.497. The van der Waals surface area contributed by atoms with Crippen molar-refractivity contribution in [2.24, 2.45) is 5.92 Å². The predicted molar refractivity (Wildman–Crippen MR) is 102 cm³/mol. The zero-order valence-electron chi connectivity index (χ0n) is 16.2. The van der Waals surface area contributed by atoms with Crippen LogP contribution in [0.5, 0.6) is 5.75 Å². The highest BCUT2D eigenvalue weighted by molar-refractivity contribution is 7.89. The molecule has 150 valence electrons. The first-order valence-electron chi connectivity index (χ1n) is 8.30. The third kappa shape index (κ3) is 7.03. The van der Waals surface area contributed by atoms with Crippen molar-refractivity contribution in [1.29, 1.82) is 0 Å². The number of nitrogens with zero attached hydrogens (tertiary/aromatic N) is 1. The van der Waals surface area contributed by atoms with Gasteiger partial charge in [0.2, 0.25) is 10.0 Å². The van der Waals surface area contributed by atoms with Gasteiger partial charge >= 0.3 is 5.97 Å². The standard InChI is InChI=1S/C18H26N2O6S/c1-13(2)11-19-17(21)12-26-18(22)9-7-14-6-8-15(25-5)16(10-14)27(23,24)20(3)4/h6-10,13H,11-12H2,1-5H3,(H,19,21)/b9-7+. The van der Waals surface area contributed by atoms with E-state index in [1.807, 2.05) is 13.8 Å². The summed E-state index contributed by atoms with van der Waals surface area (Å²) in [4.78, 5) is 23.2. The van der Waals surface area contributed by atoms with Gasteiger partial charge in [0.1, 0.15) is 10.6 Å². The molecule has 0 aliphatic rings. The van der Waals surface area contributed by atoms with Crippen LogP contribution in [0.15, 0.2) is 29.2 Å². The second kappa shape index (κ2) is 10.1. The third-order valence-electron chi connectivity index (χ3n) is 3.41. The van der Waals surface area contributed by atoms with Gasteiger partial charge < -0.3 is 14.8 Å². The SMILES string of the molecule is COc1ccc(/C=C/C(=O)OCC(=O)NCC(C)C)cc1S(=O)(=O)N(C)C. The van der Waals surface area contributed by atoms with Crippen LogP contribution in [0.1, 0.15) is 19.4 Å². The fourth-order valence-electron chi connectivity index (χ4n) is 1.91. The summed E-state index contributed by atoms with van der Waals surface area (Å²) < 4.78 is 35.8. The maximum Gasteiger partial charge on any atom is 0.331 e. The number of amides is 1. The highest BCUT2D eigenvalue weighted by atomic mass is 32.2. The fraction of sp³-hybridized carbons (Fsp3) is 0.444. The van der Waals surface area contributed by atoms with Crippen molar-refractivity contribution in [2.75, 3.05) is 34.4 Å². The maximum absolute atomic E-state index is 12.4. The average molecular weight is 398 g/mol. The molecule has 27 heavy (non-hydrogen) atoms. The number of benzene rings is 1. The van der Waals surface area contributed by atoms with Gasteiger partial charge in [-0.05, 0) is 29.7 Å². The molecule has 0 fully saturated rings. The summed E-state index contributed by atoms with van der Waals surface area (Å²) >= 11 is 0. The highest BCUT2D eigenvalue weighted by Gasteiger charge is 2.22. The Hall–Kier alpha value is -2.39. The fourth-order valence-corrected chi connectivity index (χ4v) is 3.00. The van der Waals surface area contributed by atoms with Crippen LogP contribution in [0.4, 0.5) is 0 Å². The molecule has 0 spiro atoms. The van der Waals surface area contributed by atoms with E-state index in [1.54, 1.807) is 6.07 Å². The molecule has 0 aromatic heterocycles. The first kappa shape index (κ1) is 22.7. The smallest absolute Gasteiger partial charge is 0.331 e. The van der Waals surface area contributed by atoms with Gasteiger partial charge in [0, 0.05) is 26.7 Å². The summed E-state index contributed by atoms with van der Waals surface area (Å²) in [5.41, 5.74) is 0.470. The molecule has 1 amide bonds. The molecule has 0 aliphatic carbocycles. The van der Waals surface area contributed by atoms with Crippen molar-refractivity contribution in [3.8, 4) is 5.75 Å². The molecular weight excluding hydrogens is 372 g/mol. The third-order valence-corrected chi connectivity index (χ3v) is 5.25. The second-order valence-corrected chi connectivity index (χ2v) is 8.46. The van der Waals surface area contributed by atoms with Crippen LogP contribution < -0.4 is 10.1 Å². The van der Waals surface area contributed by atoms with Crippen LogP contribution >= 0.6 is 0 Å². The zero-order chi connectivity index (χ0) is 20.6. The number of carbonyl (C=O) groups excluding carboxylic acids is 2. The molecule has 9 heteroatoms. The molecule has 0 saturated carbocycles. The van der Waals surface area contributed by atoms with E-state index >= 15 is 0 Å². The average Bonchev–Trinajstić information content (AvgIpc) is 2.62. The number of esters is 1. The van der Waals surface area contributed by atoms with Crippen molar-refractivity contribution in [3.05, 3.63) is 29.8 Å². The van der Waals surface area contributed by atoms with Crippen LogP contribution in [0.2, 0.25) is 0 Å². The summed E-state index contributed by atoms with van der Waals surface area (Å²) in [6.07, 6.45) is 2.53. The van der Waals surface area contributed by atoms with Gasteiger partial charge in [0.15, 0.2) is 6.61 Å². The quantitative estimate of drug-likeness (QED) is 0.497. The number of ether oxygens (including phenoxy) is 2. The van der Waals surface area contributed by atoms with E-state index in [9.17, 15) is 18.0 Å². The Morgan fingerprint density at radius 2 is 1.93 bits per heavy atom. The zero-order valence-corrected chi connectivity index (χ0v) is 17.0. The second-order valence-electron chi connectivity index (χ2n) is 6.34. The molecule has 8 nitrogen and oxygen atoms in total. The minimum Gasteiger partial charge on any atom is -0.495 e. The number of methoxy groups -OCH3 is 1. The molecule has 0 aliphatic heterocycles. The van der Waals surface area contributed by atoms with Gasteiger partial charge in [-0.15, -0.1) is 0 Å². The molecular formula is C18H26N2O6S. The van der Waals surface area contributed by atoms with Crippen molar-refractivity contribution in [1.82, 2.24) is 9.62 Å². The lowest BCUT2D eigenvalue weighted by atomic mass is 10.2. The number of sulfonamides is 1. The van der Waals surface area contributed by atoms with Gasteiger partial charge in [-0.2, -0.15) is 0 Å². The lowest BCUT2D eigenvalue weighted by molar-refractivity contribution is -0.143. The summed E-state index contributed by atoms with van der Waals surface area (Å²) in [5.74, 6) is -0.589. The molecule has 1 aromatic carbocycles. The monoisotopic (exact) mass is 398 g/mol. The Bertz CT molecular complexity index is 800. The number of hydrogen-bond acceptors (Lipinski definition) is 6. The van der Waals surface area contributed by atoms with Crippen LogP contribution in [0.3, 0.4) is 0 Å². The molecule has 0 unspecified atom stereocenters. The Morgan fingerprint density at radius 3 is 2.48 bits per heavy atom. The Morgan fingerprint density at radius 1 is 1.26 bits per heavy atom. The molecule has 0 radical (unpaired) electrons. The molecule has 0 bridgehead atoms. The predicted octanol–water partition coefficient (Wildman–Crippen LogP) is 1.27. The summed E-state index contributed by atoms with van der Waals surface area (Å²) in [6.45, 7) is 4.03. The van der Waals surface area contributed by atoms with Gasteiger partial charge in [0.05, 0.1) is 7.11 Å². The molecule has 1 N–H and O–H groups in total. The van der Waals surface area contributed by atoms with E-state index < -0.39 is 16.0 Å². The lowest BCUT2D eigenvalue weighted by Gasteiger charge is -2.14.